The van der Waals surface area contributed by atoms with Crippen molar-refractivity contribution in [2.75, 3.05) is 11.4 Å². The molecule has 0 heterocycles. The fourth-order valence-corrected chi connectivity index (χ4v) is 2.13. The average Bonchev–Trinajstić information content (AvgIpc) is 2.41. The molecular formula is C16H15F2NO. The van der Waals surface area contributed by atoms with Crippen LogP contribution in [0.3, 0.4) is 0 Å². The zero-order chi connectivity index (χ0) is 14.7. The Hall–Kier alpha value is -2.23. The van der Waals surface area contributed by atoms with E-state index in [0.717, 1.165) is 17.7 Å². The highest BCUT2D eigenvalue weighted by molar-refractivity contribution is 6.06. The molecule has 0 saturated heterocycles. The highest BCUT2D eigenvalue weighted by Gasteiger charge is 2.23. The zero-order valence-electron chi connectivity index (χ0n) is 11.4. The number of halogens is 2. The first-order chi connectivity index (χ1) is 9.56. The second-order valence-corrected chi connectivity index (χ2v) is 4.43. The summed E-state index contributed by atoms with van der Waals surface area (Å²) in [5.74, 6) is -2.36. The molecule has 2 aromatic carbocycles. The van der Waals surface area contributed by atoms with Crippen molar-refractivity contribution in [1.29, 1.82) is 0 Å². The van der Waals surface area contributed by atoms with E-state index in [2.05, 4.69) is 0 Å². The van der Waals surface area contributed by atoms with E-state index >= 15 is 0 Å². The molecule has 1 amide bonds. The summed E-state index contributed by atoms with van der Waals surface area (Å²) < 4.78 is 27.5. The van der Waals surface area contributed by atoms with Gasteiger partial charge in [-0.1, -0.05) is 24.3 Å². The minimum Gasteiger partial charge on any atom is -0.308 e. The fourth-order valence-electron chi connectivity index (χ4n) is 2.13. The molecule has 0 aliphatic rings. The lowest BCUT2D eigenvalue weighted by Crippen LogP contribution is -2.32. The summed E-state index contributed by atoms with van der Waals surface area (Å²) >= 11 is 0. The summed E-state index contributed by atoms with van der Waals surface area (Å²) in [6.45, 7) is 3.95. The normalized spacial score (nSPS) is 10.4. The number of carbonyl (C=O) groups excluding carboxylic acids is 1. The smallest absolute Gasteiger partial charge is 0.264 e. The number of hydrogen-bond donors (Lipinski definition) is 0. The standard InChI is InChI=1S/C16H15F2NO/c1-3-19(14-10-5-4-7-11(14)2)16(20)15-12(17)8-6-9-13(15)18/h4-10H,3H2,1-2H3. The SMILES string of the molecule is CCN(C(=O)c1c(F)cccc1F)c1ccccc1C. The first-order valence-corrected chi connectivity index (χ1v) is 6.37. The lowest BCUT2D eigenvalue weighted by molar-refractivity contribution is 0.0980. The second-order valence-electron chi connectivity index (χ2n) is 4.43. The average molecular weight is 275 g/mol. The quantitative estimate of drug-likeness (QED) is 0.830. The lowest BCUT2D eigenvalue weighted by atomic mass is 10.1. The van der Waals surface area contributed by atoms with Gasteiger partial charge in [-0.3, -0.25) is 4.79 Å². The van der Waals surface area contributed by atoms with Crippen LogP contribution in [0, 0.1) is 18.6 Å². The van der Waals surface area contributed by atoms with Crippen LogP contribution in [0.1, 0.15) is 22.8 Å². The Morgan fingerprint density at radius 3 is 2.20 bits per heavy atom. The van der Waals surface area contributed by atoms with Crippen LogP contribution in [-0.2, 0) is 0 Å². The van der Waals surface area contributed by atoms with Crippen LogP contribution in [0.4, 0.5) is 14.5 Å². The maximum Gasteiger partial charge on any atom is 0.264 e. The van der Waals surface area contributed by atoms with E-state index in [0.29, 0.717) is 12.2 Å². The van der Waals surface area contributed by atoms with Gasteiger partial charge >= 0.3 is 0 Å². The predicted octanol–water partition coefficient (Wildman–Crippen LogP) is 3.94. The Labute approximate surface area is 116 Å². The Morgan fingerprint density at radius 2 is 1.65 bits per heavy atom. The molecule has 20 heavy (non-hydrogen) atoms. The number of rotatable bonds is 3. The van der Waals surface area contributed by atoms with Gasteiger partial charge in [0.05, 0.1) is 0 Å². The summed E-state index contributed by atoms with van der Waals surface area (Å²) in [5, 5.41) is 0. The van der Waals surface area contributed by atoms with Gasteiger partial charge in [0, 0.05) is 12.2 Å². The van der Waals surface area contributed by atoms with E-state index in [1.807, 2.05) is 19.1 Å². The van der Waals surface area contributed by atoms with Crippen LogP contribution >= 0.6 is 0 Å². The number of para-hydroxylation sites is 1. The molecule has 0 atom stereocenters. The van der Waals surface area contributed by atoms with Gasteiger partial charge in [0.25, 0.3) is 5.91 Å². The first-order valence-electron chi connectivity index (χ1n) is 6.37. The molecule has 2 aromatic rings. The van der Waals surface area contributed by atoms with E-state index in [1.54, 1.807) is 19.1 Å². The van der Waals surface area contributed by atoms with Crippen LogP contribution in [0.25, 0.3) is 0 Å². The van der Waals surface area contributed by atoms with Crippen LogP contribution in [0.15, 0.2) is 42.5 Å². The van der Waals surface area contributed by atoms with E-state index in [9.17, 15) is 13.6 Å². The van der Waals surface area contributed by atoms with Gasteiger partial charge in [-0.15, -0.1) is 0 Å². The van der Waals surface area contributed by atoms with Crippen molar-refractivity contribution in [3.8, 4) is 0 Å². The molecule has 2 nitrogen and oxygen atoms in total. The molecule has 0 radical (unpaired) electrons. The fraction of sp³-hybridized carbons (Fsp3) is 0.188. The minimum absolute atomic E-state index is 0.331. The van der Waals surface area contributed by atoms with Crippen LogP contribution in [0.2, 0.25) is 0 Å². The van der Waals surface area contributed by atoms with E-state index in [1.165, 1.54) is 11.0 Å². The van der Waals surface area contributed by atoms with Gasteiger partial charge in [-0.25, -0.2) is 8.78 Å². The second kappa shape index (κ2) is 5.82. The van der Waals surface area contributed by atoms with Crippen molar-refractivity contribution < 1.29 is 13.6 Å². The molecule has 0 saturated carbocycles. The molecule has 0 bridgehead atoms. The van der Waals surface area contributed by atoms with Crippen LogP contribution < -0.4 is 4.90 Å². The highest BCUT2D eigenvalue weighted by atomic mass is 19.1. The van der Waals surface area contributed by atoms with Crippen molar-refractivity contribution in [2.24, 2.45) is 0 Å². The van der Waals surface area contributed by atoms with Crippen molar-refractivity contribution in [2.45, 2.75) is 13.8 Å². The summed E-state index contributed by atoms with van der Waals surface area (Å²) in [4.78, 5) is 13.8. The molecule has 4 heteroatoms. The molecule has 0 aromatic heterocycles. The van der Waals surface area contributed by atoms with Gasteiger partial charge < -0.3 is 4.90 Å². The molecule has 0 unspecified atom stereocenters. The maximum atomic E-state index is 13.7. The third-order valence-electron chi connectivity index (χ3n) is 3.14. The molecule has 0 fully saturated rings. The third-order valence-corrected chi connectivity index (χ3v) is 3.14. The van der Waals surface area contributed by atoms with Crippen LogP contribution in [-0.4, -0.2) is 12.5 Å². The summed E-state index contributed by atoms with van der Waals surface area (Å²) in [5.41, 5.74) is 1.01. The minimum atomic E-state index is -0.845. The number of hydrogen-bond acceptors (Lipinski definition) is 1. The van der Waals surface area contributed by atoms with E-state index in [-0.39, 0.29) is 0 Å². The van der Waals surface area contributed by atoms with E-state index in [4.69, 9.17) is 0 Å². The number of nitrogens with zero attached hydrogens (tertiary/aromatic N) is 1. The molecule has 0 spiro atoms. The van der Waals surface area contributed by atoms with Gasteiger partial charge in [-0.05, 0) is 37.6 Å². The van der Waals surface area contributed by atoms with Crippen LogP contribution in [0.5, 0.6) is 0 Å². The summed E-state index contributed by atoms with van der Waals surface area (Å²) in [7, 11) is 0. The van der Waals surface area contributed by atoms with Crippen molar-refractivity contribution in [3.63, 3.8) is 0 Å². The van der Waals surface area contributed by atoms with Gasteiger partial charge in [0.1, 0.15) is 17.2 Å². The van der Waals surface area contributed by atoms with Gasteiger partial charge in [0.2, 0.25) is 0 Å². The third kappa shape index (κ3) is 2.54. The molecule has 0 N–H and O–H groups in total. The Balaban J connectivity index is 2.48. The van der Waals surface area contributed by atoms with Crippen molar-refractivity contribution in [3.05, 3.63) is 65.2 Å². The molecule has 0 aliphatic carbocycles. The predicted molar refractivity (Wildman–Crippen MR) is 74.9 cm³/mol. The zero-order valence-corrected chi connectivity index (χ0v) is 11.4. The lowest BCUT2D eigenvalue weighted by Gasteiger charge is -2.23. The molecular weight excluding hydrogens is 260 g/mol. The number of aryl methyl sites for hydroxylation is 1. The Bertz CT molecular complexity index is 620. The first kappa shape index (κ1) is 14.2. The Morgan fingerprint density at radius 1 is 1.05 bits per heavy atom. The van der Waals surface area contributed by atoms with Gasteiger partial charge in [0.15, 0.2) is 0 Å². The molecule has 2 rings (SSSR count). The maximum absolute atomic E-state index is 13.7. The van der Waals surface area contributed by atoms with Gasteiger partial charge in [-0.2, -0.15) is 0 Å². The molecule has 0 aliphatic heterocycles. The largest absolute Gasteiger partial charge is 0.308 e. The Kier molecular flexibility index (Phi) is 4.13. The number of amides is 1. The van der Waals surface area contributed by atoms with Crippen molar-refractivity contribution >= 4 is 11.6 Å². The topological polar surface area (TPSA) is 20.3 Å². The summed E-state index contributed by atoms with van der Waals surface area (Å²) in [6, 6.07) is 10.7. The monoisotopic (exact) mass is 275 g/mol. The number of anilines is 1. The van der Waals surface area contributed by atoms with Crippen molar-refractivity contribution in [1.82, 2.24) is 0 Å². The van der Waals surface area contributed by atoms with E-state index < -0.39 is 23.1 Å². The number of carbonyl (C=O) groups is 1. The highest BCUT2D eigenvalue weighted by Crippen LogP contribution is 2.23. The molecule has 104 valence electrons. The summed E-state index contributed by atoms with van der Waals surface area (Å²) in [6.07, 6.45) is 0. The number of benzene rings is 2.